The van der Waals surface area contributed by atoms with E-state index < -0.39 is 22.5 Å². The van der Waals surface area contributed by atoms with E-state index in [0.717, 1.165) is 11.3 Å². The summed E-state index contributed by atoms with van der Waals surface area (Å²) in [5.41, 5.74) is 1.10. The molecule has 0 amide bonds. The number of aromatic nitrogens is 1. The van der Waals surface area contributed by atoms with E-state index in [-0.39, 0.29) is 23.6 Å². The minimum Gasteiger partial charge on any atom is -0.496 e. The molecule has 0 radical (unpaired) electrons. The number of nitro benzene ring substituents is 1. The summed E-state index contributed by atoms with van der Waals surface area (Å²) >= 11 is 1.12. The quantitative estimate of drug-likeness (QED) is 0.273. The molecule has 1 unspecified atom stereocenters. The number of rotatable bonds is 7. The summed E-state index contributed by atoms with van der Waals surface area (Å²) in [6.45, 7) is 3.56. The molecule has 11 heteroatoms. The minimum absolute atomic E-state index is 0.115. The molecule has 0 saturated carbocycles. The maximum Gasteiger partial charge on any atom is 0.338 e. The normalized spacial score (nSPS) is 15.2. The number of hydrogen-bond acceptors (Lipinski definition) is 9. The van der Waals surface area contributed by atoms with E-state index in [0.29, 0.717) is 31.9 Å². The lowest BCUT2D eigenvalue weighted by molar-refractivity contribution is -0.385. The first-order valence-corrected chi connectivity index (χ1v) is 11.8. The Labute approximate surface area is 209 Å². The highest BCUT2D eigenvalue weighted by Crippen LogP contribution is 2.35. The van der Waals surface area contributed by atoms with Gasteiger partial charge in [0.25, 0.3) is 5.56 Å². The van der Waals surface area contributed by atoms with Gasteiger partial charge in [-0.3, -0.25) is 19.5 Å². The molecule has 0 fully saturated rings. The van der Waals surface area contributed by atoms with Crippen LogP contribution in [0, 0.1) is 10.1 Å². The number of nitrogens with zero attached hydrogens (tertiary/aromatic N) is 3. The summed E-state index contributed by atoms with van der Waals surface area (Å²) in [5, 5.41) is 11.4. The molecule has 2 heterocycles. The summed E-state index contributed by atoms with van der Waals surface area (Å²) < 4.78 is 17.6. The van der Waals surface area contributed by atoms with Crippen LogP contribution < -0.4 is 24.4 Å². The summed E-state index contributed by atoms with van der Waals surface area (Å²) in [6.07, 6.45) is 1.55. The van der Waals surface area contributed by atoms with Crippen molar-refractivity contribution in [3.8, 4) is 11.5 Å². The fourth-order valence-corrected chi connectivity index (χ4v) is 5.12. The predicted octanol–water partition coefficient (Wildman–Crippen LogP) is 2.72. The maximum atomic E-state index is 13.7. The third-order valence-electron chi connectivity index (χ3n) is 5.65. The van der Waals surface area contributed by atoms with Crippen LogP contribution >= 0.6 is 11.3 Å². The van der Waals surface area contributed by atoms with Crippen molar-refractivity contribution in [1.82, 2.24) is 4.57 Å². The minimum atomic E-state index is -0.830. The maximum absolute atomic E-state index is 13.7. The van der Waals surface area contributed by atoms with Gasteiger partial charge in [-0.05, 0) is 37.6 Å². The molecular weight excluding hydrogens is 486 g/mol. The SMILES string of the molecule is CCOC(=O)C1=C(C)N=c2sc(=Cc3ccc(OC)c([N+](=O)[O-])c3)c(=O)n2C1c1ccccc1OC. The van der Waals surface area contributed by atoms with Crippen molar-refractivity contribution in [2.45, 2.75) is 19.9 Å². The highest BCUT2D eigenvalue weighted by molar-refractivity contribution is 7.07. The number of allylic oxidation sites excluding steroid dienone is 1. The van der Waals surface area contributed by atoms with Crippen molar-refractivity contribution in [1.29, 1.82) is 0 Å². The number of ether oxygens (including phenoxy) is 3. The van der Waals surface area contributed by atoms with Crippen molar-refractivity contribution in [3.63, 3.8) is 0 Å². The zero-order valence-electron chi connectivity index (χ0n) is 20.0. The monoisotopic (exact) mass is 509 g/mol. The van der Waals surface area contributed by atoms with Gasteiger partial charge in [0.05, 0.1) is 41.6 Å². The summed E-state index contributed by atoms with van der Waals surface area (Å²) in [6, 6.07) is 10.7. The average molecular weight is 510 g/mol. The van der Waals surface area contributed by atoms with Gasteiger partial charge in [-0.25, -0.2) is 9.79 Å². The molecule has 1 aliphatic rings. The van der Waals surface area contributed by atoms with Gasteiger partial charge < -0.3 is 14.2 Å². The van der Waals surface area contributed by atoms with Gasteiger partial charge in [0.15, 0.2) is 10.6 Å². The molecule has 36 heavy (non-hydrogen) atoms. The van der Waals surface area contributed by atoms with E-state index in [1.54, 1.807) is 50.3 Å². The summed E-state index contributed by atoms with van der Waals surface area (Å²) in [5.74, 6) is 0.0403. The molecule has 1 aliphatic heterocycles. The fraction of sp³-hybridized carbons (Fsp3) is 0.240. The fourth-order valence-electron chi connectivity index (χ4n) is 4.07. The van der Waals surface area contributed by atoms with E-state index in [4.69, 9.17) is 14.2 Å². The Morgan fingerprint density at radius 1 is 1.19 bits per heavy atom. The van der Waals surface area contributed by atoms with Crippen molar-refractivity contribution in [2.24, 2.45) is 4.99 Å². The van der Waals surface area contributed by atoms with Crippen molar-refractivity contribution >= 4 is 29.1 Å². The first-order valence-electron chi connectivity index (χ1n) is 11.0. The zero-order valence-corrected chi connectivity index (χ0v) is 20.8. The van der Waals surface area contributed by atoms with Gasteiger partial charge in [-0.1, -0.05) is 35.6 Å². The van der Waals surface area contributed by atoms with Crippen LogP contribution in [0.5, 0.6) is 11.5 Å². The van der Waals surface area contributed by atoms with Gasteiger partial charge in [-0.2, -0.15) is 0 Å². The van der Waals surface area contributed by atoms with Crippen LogP contribution in [0.1, 0.15) is 31.0 Å². The van der Waals surface area contributed by atoms with Gasteiger partial charge in [0, 0.05) is 11.6 Å². The Kier molecular flexibility index (Phi) is 7.02. The van der Waals surface area contributed by atoms with Crippen LogP contribution in [-0.4, -0.2) is 36.3 Å². The lowest BCUT2D eigenvalue weighted by Gasteiger charge is -2.25. The number of benzene rings is 2. The van der Waals surface area contributed by atoms with Gasteiger partial charge in [0.1, 0.15) is 11.8 Å². The van der Waals surface area contributed by atoms with E-state index in [1.807, 2.05) is 0 Å². The Balaban J connectivity index is 1.97. The second-order valence-electron chi connectivity index (χ2n) is 7.73. The topological polar surface area (TPSA) is 122 Å². The van der Waals surface area contributed by atoms with E-state index in [1.165, 1.54) is 30.9 Å². The largest absolute Gasteiger partial charge is 0.496 e. The number of methoxy groups -OCH3 is 2. The van der Waals surface area contributed by atoms with Crippen LogP contribution in [0.2, 0.25) is 0 Å². The molecule has 2 aromatic carbocycles. The van der Waals surface area contributed by atoms with Crippen molar-refractivity contribution in [3.05, 3.63) is 94.7 Å². The van der Waals surface area contributed by atoms with Crippen molar-refractivity contribution < 1.29 is 23.9 Å². The van der Waals surface area contributed by atoms with Crippen LogP contribution in [0.4, 0.5) is 5.69 Å². The molecule has 1 aromatic heterocycles. The molecule has 0 N–H and O–H groups in total. The summed E-state index contributed by atoms with van der Waals surface area (Å²) in [4.78, 5) is 42.5. The highest BCUT2D eigenvalue weighted by atomic mass is 32.1. The summed E-state index contributed by atoms with van der Waals surface area (Å²) in [7, 11) is 2.86. The highest BCUT2D eigenvalue weighted by Gasteiger charge is 2.35. The van der Waals surface area contributed by atoms with E-state index >= 15 is 0 Å². The molecule has 0 spiro atoms. The van der Waals surface area contributed by atoms with Crippen LogP contribution in [-0.2, 0) is 9.53 Å². The van der Waals surface area contributed by atoms with Crippen LogP contribution in [0.3, 0.4) is 0 Å². The number of para-hydroxylation sites is 1. The first-order chi connectivity index (χ1) is 17.3. The Hall–Kier alpha value is -4.25. The molecule has 0 aliphatic carbocycles. The molecular formula is C25H23N3O7S. The second kappa shape index (κ2) is 10.2. The molecule has 186 valence electrons. The number of nitro groups is 1. The number of fused-ring (bicyclic) bond motifs is 1. The number of thiazole rings is 1. The smallest absolute Gasteiger partial charge is 0.338 e. The zero-order chi connectivity index (χ0) is 26.0. The van der Waals surface area contributed by atoms with Crippen LogP contribution in [0.25, 0.3) is 6.08 Å². The number of hydrogen-bond donors (Lipinski definition) is 0. The van der Waals surface area contributed by atoms with Crippen molar-refractivity contribution in [2.75, 3.05) is 20.8 Å². The lowest BCUT2D eigenvalue weighted by atomic mass is 9.95. The standard InChI is InChI=1S/C25H23N3O7S/c1-5-35-24(30)21-14(2)26-25-27(22(21)16-8-6-7-9-18(16)33-3)23(29)20(36-25)13-15-10-11-19(34-4)17(12-15)28(31)32/h6-13,22H,5H2,1-4H3. The van der Waals surface area contributed by atoms with Crippen LogP contribution in [0.15, 0.2) is 63.5 Å². The second-order valence-corrected chi connectivity index (χ2v) is 8.74. The van der Waals surface area contributed by atoms with E-state index in [2.05, 4.69) is 4.99 Å². The Morgan fingerprint density at radius 2 is 1.92 bits per heavy atom. The third-order valence-corrected chi connectivity index (χ3v) is 6.63. The van der Waals surface area contributed by atoms with E-state index in [9.17, 15) is 19.7 Å². The number of esters is 1. The lowest BCUT2D eigenvalue weighted by Crippen LogP contribution is -2.40. The molecule has 0 saturated heterocycles. The Morgan fingerprint density at radius 3 is 2.58 bits per heavy atom. The predicted molar refractivity (Wildman–Crippen MR) is 133 cm³/mol. The first kappa shape index (κ1) is 24.9. The Bertz CT molecular complexity index is 1570. The number of carbonyl (C=O) groups excluding carboxylic acids is 1. The van der Waals surface area contributed by atoms with Gasteiger partial charge in [0.2, 0.25) is 0 Å². The molecule has 0 bridgehead atoms. The van der Waals surface area contributed by atoms with Gasteiger partial charge >= 0.3 is 11.7 Å². The molecule has 10 nitrogen and oxygen atoms in total. The molecule has 1 atom stereocenters. The van der Waals surface area contributed by atoms with Gasteiger partial charge in [-0.15, -0.1) is 0 Å². The number of carbonyl (C=O) groups is 1. The third kappa shape index (κ3) is 4.40. The molecule has 3 aromatic rings. The molecule has 4 rings (SSSR count). The average Bonchev–Trinajstić information content (AvgIpc) is 3.17.